The molecule has 0 unspecified atom stereocenters. The molecule has 0 bridgehead atoms. The molecule has 92 valence electrons. The number of carbonyl (C=O) groups is 1. The molecular weight excluding hydrogens is 216 g/mol. The topological polar surface area (TPSA) is 26.3 Å². The highest BCUT2D eigenvalue weighted by molar-refractivity contribution is 6.69. The van der Waals surface area contributed by atoms with E-state index in [4.69, 9.17) is 4.43 Å². The van der Waals surface area contributed by atoms with Crippen molar-refractivity contribution in [1.29, 1.82) is 0 Å². The van der Waals surface area contributed by atoms with Crippen LogP contribution in [-0.2, 0) is 9.22 Å². The van der Waals surface area contributed by atoms with Crippen LogP contribution < -0.4 is 0 Å². The second kappa shape index (κ2) is 4.45. The molecule has 16 heavy (non-hydrogen) atoms. The number of carbonyl (C=O) groups excluding carboxylic acids is 1. The predicted octanol–water partition coefficient (Wildman–Crippen LogP) is 3.54. The third kappa shape index (κ3) is 3.56. The molecule has 0 aromatic carbocycles. The van der Waals surface area contributed by atoms with Crippen molar-refractivity contribution in [2.75, 3.05) is 0 Å². The normalized spacial score (nSPS) is 23.2. The molecule has 0 saturated carbocycles. The van der Waals surface area contributed by atoms with Crippen LogP contribution in [-0.4, -0.2) is 19.7 Å². The van der Waals surface area contributed by atoms with Crippen LogP contribution >= 0.6 is 0 Å². The molecule has 0 N–H and O–H groups in total. The Labute approximate surface area is 100 Å². The van der Waals surface area contributed by atoms with Crippen LogP contribution in [0, 0.1) is 5.92 Å². The Morgan fingerprint density at radius 3 is 2.38 bits per heavy atom. The Kier molecular flexibility index (Phi) is 3.80. The van der Waals surface area contributed by atoms with Gasteiger partial charge in [0.1, 0.15) is 0 Å². The number of ketones is 1. The zero-order valence-electron chi connectivity index (χ0n) is 11.4. The Hall–Kier alpha value is -0.413. The van der Waals surface area contributed by atoms with Gasteiger partial charge in [-0.3, -0.25) is 4.79 Å². The molecule has 0 fully saturated rings. The fourth-order valence-corrected chi connectivity index (χ4v) is 4.05. The molecule has 0 aliphatic heterocycles. The van der Waals surface area contributed by atoms with Crippen molar-refractivity contribution in [1.82, 2.24) is 0 Å². The van der Waals surface area contributed by atoms with Crippen LogP contribution in [0.1, 0.15) is 33.6 Å². The molecule has 0 radical (unpaired) electrons. The first-order chi connectivity index (χ1) is 7.12. The highest BCUT2D eigenvalue weighted by atomic mass is 28.4. The average molecular weight is 240 g/mol. The van der Waals surface area contributed by atoms with E-state index in [9.17, 15) is 4.79 Å². The van der Waals surface area contributed by atoms with Gasteiger partial charge < -0.3 is 4.43 Å². The van der Waals surface area contributed by atoms with Gasteiger partial charge in [0.2, 0.25) is 0 Å². The first-order valence-corrected chi connectivity index (χ1v) is 9.43. The average Bonchev–Trinajstić information content (AvgIpc) is 2.05. The van der Waals surface area contributed by atoms with Crippen molar-refractivity contribution in [3.05, 3.63) is 11.6 Å². The van der Waals surface area contributed by atoms with Gasteiger partial charge in [-0.25, -0.2) is 0 Å². The largest absolute Gasteiger partial charge is 0.412 e. The van der Waals surface area contributed by atoms with Crippen LogP contribution in [0.5, 0.6) is 0 Å². The smallest absolute Gasteiger partial charge is 0.184 e. The number of hydrogen-bond donors (Lipinski definition) is 0. The van der Waals surface area contributed by atoms with Gasteiger partial charge in [0, 0.05) is 6.42 Å². The molecular formula is C13H24O2Si. The van der Waals surface area contributed by atoms with Crippen molar-refractivity contribution in [2.24, 2.45) is 5.92 Å². The van der Waals surface area contributed by atoms with E-state index < -0.39 is 8.32 Å². The van der Waals surface area contributed by atoms with Crippen molar-refractivity contribution >= 4 is 14.1 Å². The number of allylic oxidation sites excluding steroid dienone is 2. The van der Waals surface area contributed by atoms with Crippen molar-refractivity contribution in [2.45, 2.75) is 58.9 Å². The molecule has 3 heteroatoms. The highest BCUT2D eigenvalue weighted by Crippen LogP contribution is 2.34. The molecule has 0 aromatic heterocycles. The number of hydrogen-bond acceptors (Lipinski definition) is 2. The highest BCUT2D eigenvalue weighted by Gasteiger charge is 2.37. The Balaban J connectivity index is 2.75. The van der Waals surface area contributed by atoms with E-state index in [0.717, 1.165) is 12.0 Å². The van der Waals surface area contributed by atoms with E-state index in [-0.39, 0.29) is 11.4 Å². The lowest BCUT2D eigenvalue weighted by Gasteiger charge is -2.40. The van der Waals surface area contributed by atoms with Crippen LogP contribution in [0.25, 0.3) is 0 Å². The first kappa shape index (κ1) is 13.7. The summed E-state index contributed by atoms with van der Waals surface area (Å²) in [6.07, 6.45) is 3.67. The monoisotopic (exact) mass is 240 g/mol. The summed E-state index contributed by atoms with van der Waals surface area (Å²) in [6, 6.07) is 0. The minimum absolute atomic E-state index is 0.183. The zero-order chi connectivity index (χ0) is 12.6. The Morgan fingerprint density at radius 1 is 1.38 bits per heavy atom. The molecule has 0 saturated heterocycles. The first-order valence-electron chi connectivity index (χ1n) is 6.02. The van der Waals surface area contributed by atoms with Crippen molar-refractivity contribution < 1.29 is 9.22 Å². The maximum atomic E-state index is 11.7. The van der Waals surface area contributed by atoms with E-state index in [1.54, 1.807) is 0 Å². The molecule has 0 heterocycles. The van der Waals surface area contributed by atoms with E-state index in [1.807, 2.05) is 6.92 Å². The summed E-state index contributed by atoms with van der Waals surface area (Å²) >= 11 is 0. The lowest BCUT2D eigenvalue weighted by molar-refractivity contribution is -0.118. The lowest BCUT2D eigenvalue weighted by atomic mass is 9.79. The predicted molar refractivity (Wildman–Crippen MR) is 70.0 cm³/mol. The molecule has 2 nitrogen and oxygen atoms in total. The summed E-state index contributed by atoms with van der Waals surface area (Å²) < 4.78 is 6.21. The van der Waals surface area contributed by atoms with E-state index in [2.05, 4.69) is 39.6 Å². The minimum atomic E-state index is -1.55. The van der Waals surface area contributed by atoms with Gasteiger partial charge in [0.25, 0.3) is 0 Å². The third-order valence-electron chi connectivity index (χ3n) is 3.13. The van der Waals surface area contributed by atoms with E-state index in [0.29, 0.717) is 12.3 Å². The fourth-order valence-electron chi connectivity index (χ4n) is 2.30. The third-order valence-corrected chi connectivity index (χ3v) is 4.27. The molecule has 1 aliphatic rings. The molecule has 0 amide bonds. The van der Waals surface area contributed by atoms with Crippen molar-refractivity contribution in [3.8, 4) is 0 Å². The van der Waals surface area contributed by atoms with E-state index >= 15 is 0 Å². The van der Waals surface area contributed by atoms with Gasteiger partial charge in [0.15, 0.2) is 14.1 Å². The lowest BCUT2D eigenvalue weighted by Crippen LogP contribution is -2.45. The van der Waals surface area contributed by atoms with Gasteiger partial charge in [-0.05, 0) is 58.3 Å². The van der Waals surface area contributed by atoms with Gasteiger partial charge >= 0.3 is 0 Å². The molecule has 0 spiro atoms. The van der Waals surface area contributed by atoms with Crippen LogP contribution in [0.15, 0.2) is 11.6 Å². The second-order valence-electron chi connectivity index (χ2n) is 6.26. The van der Waals surface area contributed by atoms with Crippen molar-refractivity contribution in [3.63, 3.8) is 0 Å². The Morgan fingerprint density at radius 2 is 1.94 bits per heavy atom. The SMILES string of the molecule is CC1=CC[C@@H](C(C)(C)O[Si](C)(C)C)CC1=O. The van der Waals surface area contributed by atoms with E-state index in [1.165, 1.54) is 0 Å². The maximum Gasteiger partial charge on any atom is 0.184 e. The summed E-state index contributed by atoms with van der Waals surface area (Å²) in [7, 11) is -1.55. The summed E-state index contributed by atoms with van der Waals surface area (Å²) in [5.74, 6) is 0.610. The summed E-state index contributed by atoms with van der Waals surface area (Å²) in [5, 5.41) is 0. The van der Waals surface area contributed by atoms with Crippen LogP contribution in [0.3, 0.4) is 0 Å². The summed E-state index contributed by atoms with van der Waals surface area (Å²) in [5.41, 5.74) is 0.734. The standard InChI is InChI=1S/C13H24O2Si/c1-10-7-8-11(9-12(10)14)13(2,3)15-16(4,5)6/h7,11H,8-9H2,1-6H3/t11-/m1/s1. The van der Waals surface area contributed by atoms with Crippen LogP contribution in [0.4, 0.5) is 0 Å². The summed E-state index contributed by atoms with van der Waals surface area (Å²) in [4.78, 5) is 11.7. The maximum absolute atomic E-state index is 11.7. The summed E-state index contributed by atoms with van der Waals surface area (Å²) in [6.45, 7) is 12.7. The van der Waals surface area contributed by atoms with Gasteiger partial charge in [-0.15, -0.1) is 0 Å². The quantitative estimate of drug-likeness (QED) is 0.705. The van der Waals surface area contributed by atoms with Gasteiger partial charge in [-0.1, -0.05) is 6.08 Å². The Bertz CT molecular complexity index is 310. The van der Waals surface area contributed by atoms with Gasteiger partial charge in [0.05, 0.1) is 5.60 Å². The molecule has 0 aromatic rings. The number of Topliss-reactive ketones (excluding diaryl/α,β-unsaturated/α-hetero) is 1. The molecule has 1 atom stereocenters. The second-order valence-corrected chi connectivity index (χ2v) is 10.7. The van der Waals surface area contributed by atoms with Gasteiger partial charge in [-0.2, -0.15) is 0 Å². The number of rotatable bonds is 3. The molecule has 1 rings (SSSR count). The molecule has 1 aliphatic carbocycles. The zero-order valence-corrected chi connectivity index (χ0v) is 12.4. The fraction of sp³-hybridized carbons (Fsp3) is 0.769. The minimum Gasteiger partial charge on any atom is -0.412 e. The van der Waals surface area contributed by atoms with Crippen LogP contribution in [0.2, 0.25) is 19.6 Å².